The van der Waals surface area contributed by atoms with E-state index in [2.05, 4.69) is 10.3 Å². The molecular formula is C11H13F3N2O. The van der Waals surface area contributed by atoms with Gasteiger partial charge in [-0.05, 0) is 24.7 Å². The molecular weight excluding hydrogens is 233 g/mol. The van der Waals surface area contributed by atoms with E-state index < -0.39 is 17.6 Å². The molecule has 0 atom stereocenters. The Hall–Kier alpha value is -1.30. The van der Waals surface area contributed by atoms with Crippen LogP contribution in [0.25, 0.3) is 0 Å². The largest absolute Gasteiger partial charge is 0.396 e. The number of hydrogen-bond donors (Lipinski definition) is 2. The molecule has 0 aliphatic heterocycles. The van der Waals surface area contributed by atoms with Gasteiger partial charge in [0.05, 0.1) is 0 Å². The first-order valence-electron chi connectivity index (χ1n) is 5.43. The number of rotatable bonds is 5. The summed E-state index contributed by atoms with van der Waals surface area (Å²) in [5.41, 5.74) is -0.0479. The van der Waals surface area contributed by atoms with Crippen molar-refractivity contribution in [2.45, 2.75) is 19.3 Å². The summed E-state index contributed by atoms with van der Waals surface area (Å²) in [4.78, 5) is 3.17. The molecule has 17 heavy (non-hydrogen) atoms. The third-order valence-corrected chi connectivity index (χ3v) is 3.12. The fourth-order valence-electron chi connectivity index (χ4n) is 1.77. The third-order valence-electron chi connectivity index (χ3n) is 3.12. The van der Waals surface area contributed by atoms with Crippen LogP contribution >= 0.6 is 0 Å². The number of aromatic nitrogens is 1. The van der Waals surface area contributed by atoms with Crippen LogP contribution in [0.1, 0.15) is 19.3 Å². The van der Waals surface area contributed by atoms with Gasteiger partial charge >= 0.3 is 0 Å². The minimum absolute atomic E-state index is 0.0479. The highest BCUT2D eigenvalue weighted by Gasteiger charge is 2.41. The quantitative estimate of drug-likeness (QED) is 0.782. The molecule has 0 bridgehead atoms. The Kier molecular flexibility index (Phi) is 3.24. The summed E-state index contributed by atoms with van der Waals surface area (Å²) < 4.78 is 38.7. The van der Waals surface area contributed by atoms with E-state index in [4.69, 9.17) is 5.11 Å². The number of nitrogens with one attached hydrogen (secondary N) is 1. The first-order valence-corrected chi connectivity index (χ1v) is 5.43. The fraction of sp³-hybridized carbons (Fsp3) is 0.545. The van der Waals surface area contributed by atoms with Crippen molar-refractivity contribution in [3.8, 4) is 0 Å². The van der Waals surface area contributed by atoms with Crippen LogP contribution in [0.4, 0.5) is 19.0 Å². The Morgan fingerprint density at radius 3 is 2.59 bits per heavy atom. The molecule has 0 radical (unpaired) electrons. The maximum absolute atomic E-state index is 13.2. The molecule has 0 saturated heterocycles. The Labute approximate surface area is 96.7 Å². The lowest BCUT2D eigenvalue weighted by atomic mass is 10.0. The van der Waals surface area contributed by atoms with E-state index >= 15 is 0 Å². The molecule has 1 fully saturated rings. The zero-order chi connectivity index (χ0) is 12.5. The van der Waals surface area contributed by atoms with Gasteiger partial charge in [-0.15, -0.1) is 0 Å². The van der Waals surface area contributed by atoms with E-state index in [0.717, 1.165) is 12.8 Å². The number of halogens is 3. The van der Waals surface area contributed by atoms with Crippen molar-refractivity contribution in [3.63, 3.8) is 0 Å². The number of anilines is 1. The number of hydrogen-bond acceptors (Lipinski definition) is 3. The smallest absolute Gasteiger partial charge is 0.251 e. The van der Waals surface area contributed by atoms with Crippen LogP contribution in [0.3, 0.4) is 0 Å². The van der Waals surface area contributed by atoms with E-state index in [1.165, 1.54) is 0 Å². The molecule has 1 aromatic heterocycles. The zero-order valence-corrected chi connectivity index (χ0v) is 9.14. The topological polar surface area (TPSA) is 45.1 Å². The molecule has 0 spiro atoms. The van der Waals surface area contributed by atoms with Gasteiger partial charge in [0.25, 0.3) is 5.95 Å². The maximum Gasteiger partial charge on any atom is 0.251 e. The van der Waals surface area contributed by atoms with Crippen LogP contribution < -0.4 is 5.32 Å². The van der Waals surface area contributed by atoms with Gasteiger partial charge in [-0.1, -0.05) is 0 Å². The van der Waals surface area contributed by atoms with Crippen LogP contribution in [0.5, 0.6) is 0 Å². The fourth-order valence-corrected chi connectivity index (χ4v) is 1.77. The average molecular weight is 246 g/mol. The van der Waals surface area contributed by atoms with Crippen LogP contribution in [0, 0.1) is 23.0 Å². The maximum atomic E-state index is 13.2. The summed E-state index contributed by atoms with van der Waals surface area (Å²) in [5, 5.41) is 11.5. The summed E-state index contributed by atoms with van der Waals surface area (Å²) in [6, 6.07) is 0.469. The van der Waals surface area contributed by atoms with Gasteiger partial charge in [0, 0.05) is 19.2 Å². The monoisotopic (exact) mass is 246 g/mol. The highest BCUT2D eigenvalue weighted by molar-refractivity contribution is 5.36. The van der Waals surface area contributed by atoms with E-state index in [1.807, 2.05) is 0 Å². The van der Waals surface area contributed by atoms with Gasteiger partial charge in [-0.3, -0.25) is 0 Å². The molecule has 1 aliphatic carbocycles. The molecule has 1 aliphatic rings. The van der Waals surface area contributed by atoms with Crippen molar-refractivity contribution in [3.05, 3.63) is 23.6 Å². The van der Waals surface area contributed by atoms with Crippen molar-refractivity contribution in [1.29, 1.82) is 0 Å². The zero-order valence-electron chi connectivity index (χ0n) is 9.14. The molecule has 2 N–H and O–H groups in total. The van der Waals surface area contributed by atoms with Crippen LogP contribution in [-0.2, 0) is 0 Å². The standard InChI is InChI=1S/C11H13F3N2O/c12-7-5-8(13)10(16-9(7)14)15-6-11(1-2-11)3-4-17/h5,17H,1-4,6H2,(H,15,16). The summed E-state index contributed by atoms with van der Waals surface area (Å²) >= 11 is 0. The average Bonchev–Trinajstić information content (AvgIpc) is 3.03. The van der Waals surface area contributed by atoms with E-state index in [0.29, 0.717) is 19.0 Å². The SMILES string of the molecule is OCCC1(CNc2nc(F)c(F)cc2F)CC1. The predicted molar refractivity (Wildman–Crippen MR) is 56.0 cm³/mol. The minimum atomic E-state index is -1.32. The first-order chi connectivity index (χ1) is 8.06. The van der Waals surface area contributed by atoms with Crippen molar-refractivity contribution in [1.82, 2.24) is 4.98 Å². The van der Waals surface area contributed by atoms with Gasteiger partial charge in [0.1, 0.15) is 0 Å². The second-order valence-electron chi connectivity index (χ2n) is 4.42. The van der Waals surface area contributed by atoms with Gasteiger partial charge in [0.2, 0.25) is 0 Å². The summed E-state index contributed by atoms with van der Waals surface area (Å²) in [5.74, 6) is -3.82. The van der Waals surface area contributed by atoms with E-state index in [-0.39, 0.29) is 17.8 Å². The number of aliphatic hydroxyl groups excluding tert-OH is 1. The number of nitrogens with zero attached hydrogens (tertiary/aromatic N) is 1. The lowest BCUT2D eigenvalue weighted by Gasteiger charge is -2.15. The molecule has 2 rings (SSSR count). The van der Waals surface area contributed by atoms with Gasteiger partial charge < -0.3 is 10.4 Å². The lowest BCUT2D eigenvalue weighted by Crippen LogP contribution is -2.18. The molecule has 0 amide bonds. The number of pyridine rings is 1. The van der Waals surface area contributed by atoms with E-state index in [9.17, 15) is 13.2 Å². The lowest BCUT2D eigenvalue weighted by molar-refractivity contribution is 0.253. The molecule has 1 aromatic rings. The second kappa shape index (κ2) is 4.52. The molecule has 94 valence electrons. The Balaban J connectivity index is 2.02. The van der Waals surface area contributed by atoms with Crippen LogP contribution in [-0.4, -0.2) is 23.2 Å². The highest BCUT2D eigenvalue weighted by atomic mass is 19.2. The van der Waals surface area contributed by atoms with Gasteiger partial charge in [-0.2, -0.15) is 9.37 Å². The van der Waals surface area contributed by atoms with E-state index in [1.54, 1.807) is 0 Å². The van der Waals surface area contributed by atoms with Gasteiger partial charge in [0.15, 0.2) is 17.5 Å². The predicted octanol–water partition coefficient (Wildman–Crippen LogP) is 2.07. The van der Waals surface area contributed by atoms with Crippen LogP contribution in [0.2, 0.25) is 0 Å². The molecule has 0 unspecified atom stereocenters. The Morgan fingerprint density at radius 1 is 1.29 bits per heavy atom. The minimum Gasteiger partial charge on any atom is -0.396 e. The van der Waals surface area contributed by atoms with Gasteiger partial charge in [-0.25, -0.2) is 8.78 Å². The molecule has 6 heteroatoms. The summed E-state index contributed by atoms with van der Waals surface area (Å²) in [6.07, 6.45) is 2.49. The first kappa shape index (κ1) is 12.2. The normalized spacial score (nSPS) is 16.9. The van der Waals surface area contributed by atoms with Crippen molar-refractivity contribution < 1.29 is 18.3 Å². The van der Waals surface area contributed by atoms with Crippen molar-refractivity contribution in [2.24, 2.45) is 5.41 Å². The van der Waals surface area contributed by atoms with Crippen LogP contribution in [0.15, 0.2) is 6.07 Å². The summed E-state index contributed by atoms with van der Waals surface area (Å²) in [7, 11) is 0. The highest BCUT2D eigenvalue weighted by Crippen LogP contribution is 2.48. The summed E-state index contributed by atoms with van der Waals surface area (Å²) in [6.45, 7) is 0.470. The van der Waals surface area contributed by atoms with Crippen molar-refractivity contribution >= 4 is 5.82 Å². The third kappa shape index (κ3) is 2.69. The van der Waals surface area contributed by atoms with Crippen molar-refractivity contribution in [2.75, 3.05) is 18.5 Å². The molecule has 0 aromatic carbocycles. The Bertz CT molecular complexity index is 421. The number of aliphatic hydroxyl groups is 1. The Morgan fingerprint density at radius 2 is 2.00 bits per heavy atom. The molecule has 1 saturated carbocycles. The second-order valence-corrected chi connectivity index (χ2v) is 4.42. The molecule has 3 nitrogen and oxygen atoms in total. The molecule has 1 heterocycles.